The summed E-state index contributed by atoms with van der Waals surface area (Å²) in [6.07, 6.45) is 3.09. The zero-order valence-corrected chi connectivity index (χ0v) is 15.8. The Morgan fingerprint density at radius 3 is 2.30 bits per heavy atom. The van der Waals surface area contributed by atoms with Crippen molar-refractivity contribution in [2.24, 2.45) is 5.92 Å². The molecule has 5 heteroatoms. The summed E-state index contributed by atoms with van der Waals surface area (Å²) in [7, 11) is 1.31. The number of esters is 1. The lowest BCUT2D eigenvalue weighted by atomic mass is 10.0. The second-order valence-electron chi connectivity index (χ2n) is 6.43. The van der Waals surface area contributed by atoms with Gasteiger partial charge in [0.25, 0.3) is 0 Å². The van der Waals surface area contributed by atoms with Crippen LogP contribution in [0.15, 0.2) is 60.7 Å². The third kappa shape index (κ3) is 6.62. The van der Waals surface area contributed by atoms with E-state index < -0.39 is 12.0 Å². The number of nitrogens with one attached hydrogen (secondary N) is 1. The molecule has 0 aliphatic rings. The summed E-state index contributed by atoms with van der Waals surface area (Å²) >= 11 is 0. The van der Waals surface area contributed by atoms with E-state index >= 15 is 0 Å². The zero-order chi connectivity index (χ0) is 19.6. The van der Waals surface area contributed by atoms with Crippen LogP contribution < -0.4 is 10.1 Å². The molecule has 0 radical (unpaired) electrons. The molecule has 1 amide bonds. The minimum absolute atomic E-state index is 0.0594. The smallest absolute Gasteiger partial charge is 0.328 e. The Hall–Kier alpha value is -3.08. The third-order valence-corrected chi connectivity index (χ3v) is 3.98. The molecular formula is C22H25NO4. The molecule has 0 aliphatic heterocycles. The lowest BCUT2D eigenvalue weighted by molar-refractivity contribution is -0.145. The van der Waals surface area contributed by atoms with Crippen LogP contribution in [-0.2, 0) is 20.9 Å². The zero-order valence-electron chi connectivity index (χ0n) is 15.8. The molecule has 0 unspecified atom stereocenters. The first-order chi connectivity index (χ1) is 13.0. The number of ether oxygens (including phenoxy) is 2. The van der Waals surface area contributed by atoms with Crippen molar-refractivity contribution in [1.29, 1.82) is 0 Å². The van der Waals surface area contributed by atoms with Gasteiger partial charge in [0.05, 0.1) is 7.11 Å². The normalized spacial score (nSPS) is 12.0. The molecule has 1 atom stereocenters. The molecule has 1 N–H and O–H groups in total. The van der Waals surface area contributed by atoms with Crippen molar-refractivity contribution in [3.05, 3.63) is 71.8 Å². The van der Waals surface area contributed by atoms with Crippen LogP contribution in [0.2, 0.25) is 0 Å². The van der Waals surface area contributed by atoms with E-state index in [1.165, 1.54) is 13.2 Å². The molecule has 0 bridgehead atoms. The molecule has 0 saturated carbocycles. The fourth-order valence-corrected chi connectivity index (χ4v) is 2.41. The first-order valence-electron chi connectivity index (χ1n) is 8.83. The van der Waals surface area contributed by atoms with Gasteiger partial charge in [0.1, 0.15) is 18.4 Å². The van der Waals surface area contributed by atoms with Crippen molar-refractivity contribution in [1.82, 2.24) is 5.32 Å². The standard InChI is InChI=1S/C22H25NO4/c1-16(2)21(22(25)26-3)23-20(24)14-11-17-9-12-19(13-10-17)27-15-18-7-5-4-6-8-18/h4-14,16,21H,15H2,1-3H3,(H,23,24)/t21-/m0/s1. The van der Waals surface area contributed by atoms with E-state index in [-0.39, 0.29) is 11.8 Å². The van der Waals surface area contributed by atoms with Crippen LogP contribution in [0.4, 0.5) is 0 Å². The Bertz CT molecular complexity index is 767. The SMILES string of the molecule is COC(=O)[C@@H](NC(=O)C=Cc1ccc(OCc2ccccc2)cc1)C(C)C. The molecule has 0 heterocycles. The van der Waals surface area contributed by atoms with E-state index in [0.29, 0.717) is 6.61 Å². The van der Waals surface area contributed by atoms with E-state index in [1.807, 2.05) is 68.4 Å². The van der Waals surface area contributed by atoms with Crippen LogP contribution in [0, 0.1) is 5.92 Å². The number of methoxy groups -OCH3 is 1. The van der Waals surface area contributed by atoms with E-state index in [1.54, 1.807) is 6.08 Å². The fraction of sp³-hybridized carbons (Fsp3) is 0.273. The number of hydrogen-bond acceptors (Lipinski definition) is 4. The van der Waals surface area contributed by atoms with Gasteiger partial charge in [-0.2, -0.15) is 0 Å². The number of amides is 1. The Labute approximate surface area is 160 Å². The average Bonchev–Trinajstić information content (AvgIpc) is 2.69. The number of benzene rings is 2. The van der Waals surface area contributed by atoms with Gasteiger partial charge in [-0.05, 0) is 35.3 Å². The second kappa shape index (κ2) is 10.2. The monoisotopic (exact) mass is 367 g/mol. The maximum absolute atomic E-state index is 12.0. The van der Waals surface area contributed by atoms with Gasteiger partial charge in [-0.15, -0.1) is 0 Å². The molecule has 142 valence electrons. The lowest BCUT2D eigenvalue weighted by Crippen LogP contribution is -2.44. The Kier molecular flexibility index (Phi) is 7.62. The summed E-state index contributed by atoms with van der Waals surface area (Å²) in [5.41, 5.74) is 1.96. The fourth-order valence-electron chi connectivity index (χ4n) is 2.41. The van der Waals surface area contributed by atoms with Crippen LogP contribution >= 0.6 is 0 Å². The number of hydrogen-bond donors (Lipinski definition) is 1. The summed E-state index contributed by atoms with van der Waals surface area (Å²) < 4.78 is 10.4. The van der Waals surface area contributed by atoms with Gasteiger partial charge in [0, 0.05) is 6.08 Å². The van der Waals surface area contributed by atoms with Crippen molar-refractivity contribution in [3.8, 4) is 5.75 Å². The van der Waals surface area contributed by atoms with Crippen molar-refractivity contribution in [2.75, 3.05) is 7.11 Å². The van der Waals surface area contributed by atoms with E-state index in [4.69, 9.17) is 9.47 Å². The van der Waals surface area contributed by atoms with Gasteiger partial charge >= 0.3 is 5.97 Å². The third-order valence-electron chi connectivity index (χ3n) is 3.98. The van der Waals surface area contributed by atoms with Crippen molar-refractivity contribution in [3.63, 3.8) is 0 Å². The summed E-state index contributed by atoms with van der Waals surface area (Å²) in [6, 6.07) is 16.7. The predicted octanol–water partition coefficient (Wildman–Crippen LogP) is 3.59. The van der Waals surface area contributed by atoms with Crippen molar-refractivity contribution >= 4 is 18.0 Å². The molecule has 2 aromatic carbocycles. The van der Waals surface area contributed by atoms with Gasteiger partial charge in [-0.25, -0.2) is 4.79 Å². The molecule has 0 saturated heterocycles. The summed E-state index contributed by atoms with van der Waals surface area (Å²) in [6.45, 7) is 4.20. The second-order valence-corrected chi connectivity index (χ2v) is 6.43. The largest absolute Gasteiger partial charge is 0.489 e. The van der Waals surface area contributed by atoms with Crippen LogP contribution in [-0.4, -0.2) is 25.0 Å². The average molecular weight is 367 g/mol. The van der Waals surface area contributed by atoms with E-state index in [2.05, 4.69) is 5.32 Å². The summed E-state index contributed by atoms with van der Waals surface area (Å²) in [5.74, 6) is -0.1000. The first kappa shape index (κ1) is 20.2. The quantitative estimate of drug-likeness (QED) is 0.572. The first-order valence-corrected chi connectivity index (χ1v) is 8.83. The van der Waals surface area contributed by atoms with Crippen molar-refractivity contribution in [2.45, 2.75) is 26.5 Å². The highest BCUT2D eigenvalue weighted by Gasteiger charge is 2.23. The maximum Gasteiger partial charge on any atom is 0.328 e. The van der Waals surface area contributed by atoms with E-state index in [0.717, 1.165) is 16.9 Å². The van der Waals surface area contributed by atoms with Gasteiger partial charge in [0.15, 0.2) is 0 Å². The lowest BCUT2D eigenvalue weighted by Gasteiger charge is -2.18. The number of rotatable bonds is 8. The minimum atomic E-state index is -0.666. The molecule has 0 aliphatic carbocycles. The summed E-state index contributed by atoms with van der Waals surface area (Å²) in [4.78, 5) is 23.7. The van der Waals surface area contributed by atoms with Crippen LogP contribution in [0.5, 0.6) is 5.75 Å². The molecule has 0 aromatic heterocycles. The number of carbonyl (C=O) groups excluding carboxylic acids is 2. The molecule has 0 spiro atoms. The maximum atomic E-state index is 12.0. The molecule has 2 aromatic rings. The predicted molar refractivity (Wildman–Crippen MR) is 105 cm³/mol. The molecular weight excluding hydrogens is 342 g/mol. The van der Waals surface area contributed by atoms with Gasteiger partial charge in [0.2, 0.25) is 5.91 Å². The molecule has 27 heavy (non-hydrogen) atoms. The highest BCUT2D eigenvalue weighted by atomic mass is 16.5. The van der Waals surface area contributed by atoms with Gasteiger partial charge in [-0.1, -0.05) is 56.3 Å². The highest BCUT2D eigenvalue weighted by molar-refractivity contribution is 5.94. The highest BCUT2D eigenvalue weighted by Crippen LogP contribution is 2.15. The van der Waals surface area contributed by atoms with E-state index in [9.17, 15) is 9.59 Å². The Morgan fingerprint density at radius 2 is 1.70 bits per heavy atom. The Balaban J connectivity index is 1.89. The molecule has 0 fully saturated rings. The van der Waals surface area contributed by atoms with Gasteiger partial charge in [-0.3, -0.25) is 4.79 Å². The minimum Gasteiger partial charge on any atom is -0.489 e. The number of carbonyl (C=O) groups is 2. The van der Waals surface area contributed by atoms with Crippen LogP contribution in [0.3, 0.4) is 0 Å². The Morgan fingerprint density at radius 1 is 1.04 bits per heavy atom. The molecule has 5 nitrogen and oxygen atoms in total. The van der Waals surface area contributed by atoms with Crippen LogP contribution in [0.1, 0.15) is 25.0 Å². The topological polar surface area (TPSA) is 64.6 Å². The molecule has 2 rings (SSSR count). The van der Waals surface area contributed by atoms with Crippen molar-refractivity contribution < 1.29 is 19.1 Å². The van der Waals surface area contributed by atoms with Crippen LogP contribution in [0.25, 0.3) is 6.08 Å². The van der Waals surface area contributed by atoms with Gasteiger partial charge < -0.3 is 14.8 Å². The summed E-state index contributed by atoms with van der Waals surface area (Å²) in [5, 5.41) is 2.66.